The molecule has 4 heterocycles. The average molecular weight is 1340 g/mol. The molecular formula is C99H68N6. The Morgan fingerprint density at radius 3 is 0.924 bits per heavy atom. The molecular weight excluding hydrogens is 1270 g/mol. The van der Waals surface area contributed by atoms with Gasteiger partial charge in [-0.05, 0) is 186 Å². The summed E-state index contributed by atoms with van der Waals surface area (Å²) in [5.74, 6) is 1.81. The van der Waals surface area contributed by atoms with Gasteiger partial charge in [-0.2, -0.15) is 0 Å². The molecule has 19 aromatic rings. The van der Waals surface area contributed by atoms with E-state index in [0.29, 0.717) is 17.5 Å². The third kappa shape index (κ3) is 9.46. The third-order valence-electron chi connectivity index (χ3n) is 22.9. The van der Waals surface area contributed by atoms with Gasteiger partial charge in [0.2, 0.25) is 0 Å². The molecule has 2 aliphatic rings. The van der Waals surface area contributed by atoms with Crippen LogP contribution in [-0.4, -0.2) is 28.7 Å². The van der Waals surface area contributed by atoms with Gasteiger partial charge in [-0.15, -0.1) is 0 Å². The zero-order valence-corrected chi connectivity index (χ0v) is 58.5. The molecule has 0 aliphatic heterocycles. The minimum absolute atomic E-state index is 0.123. The predicted molar refractivity (Wildman–Crippen MR) is 436 cm³/mol. The summed E-state index contributed by atoms with van der Waals surface area (Å²) in [7, 11) is 0. The van der Waals surface area contributed by atoms with Crippen molar-refractivity contribution in [1.82, 2.24) is 28.7 Å². The van der Waals surface area contributed by atoms with Crippen LogP contribution in [0.2, 0.25) is 0 Å². The normalized spacial score (nSPS) is 13.3. The first-order valence-electron chi connectivity index (χ1n) is 36.4. The first-order chi connectivity index (χ1) is 51.5. The minimum Gasteiger partial charge on any atom is -0.309 e. The summed E-state index contributed by atoms with van der Waals surface area (Å²) in [6, 6.07) is 125. The Balaban J connectivity index is 0.709. The summed E-state index contributed by atoms with van der Waals surface area (Å²) in [5, 5.41) is 7.22. The van der Waals surface area contributed by atoms with Crippen LogP contribution in [0.5, 0.6) is 0 Å². The Morgan fingerprint density at radius 2 is 0.486 bits per heavy atom. The fourth-order valence-corrected chi connectivity index (χ4v) is 17.6. The first kappa shape index (κ1) is 60.5. The Kier molecular flexibility index (Phi) is 13.3. The fourth-order valence-electron chi connectivity index (χ4n) is 17.6. The summed E-state index contributed by atoms with van der Waals surface area (Å²) in [5.41, 5.74) is 32.7. The van der Waals surface area contributed by atoms with Crippen LogP contribution in [0.15, 0.2) is 340 Å². The van der Waals surface area contributed by atoms with Crippen LogP contribution < -0.4 is 0 Å². The molecule has 0 unspecified atom stereocenters. The summed E-state index contributed by atoms with van der Waals surface area (Å²) >= 11 is 0. The topological polar surface area (TPSA) is 53.5 Å². The van der Waals surface area contributed by atoms with Gasteiger partial charge >= 0.3 is 0 Å². The largest absolute Gasteiger partial charge is 0.309 e. The number of hydrogen-bond donors (Lipinski definition) is 0. The van der Waals surface area contributed by atoms with Crippen molar-refractivity contribution in [3.8, 4) is 118 Å². The van der Waals surface area contributed by atoms with Crippen molar-refractivity contribution >= 4 is 65.4 Å². The van der Waals surface area contributed by atoms with Crippen LogP contribution in [0.1, 0.15) is 49.9 Å². The molecule has 0 N–H and O–H groups in total. The smallest absolute Gasteiger partial charge is 0.164 e. The van der Waals surface area contributed by atoms with Crippen LogP contribution >= 0.6 is 0 Å². The molecule has 6 heteroatoms. The number of fused-ring (bicyclic) bond motifs is 15. The van der Waals surface area contributed by atoms with Gasteiger partial charge in [0.15, 0.2) is 17.5 Å². The van der Waals surface area contributed by atoms with Crippen LogP contribution in [0.25, 0.3) is 183 Å². The zero-order chi connectivity index (χ0) is 69.8. The van der Waals surface area contributed by atoms with E-state index >= 15 is 0 Å². The van der Waals surface area contributed by atoms with Gasteiger partial charge in [-0.25, -0.2) is 15.0 Å². The second-order valence-corrected chi connectivity index (χ2v) is 29.5. The van der Waals surface area contributed by atoms with Gasteiger partial charge in [-0.3, -0.25) is 0 Å². The molecule has 0 saturated carbocycles. The second-order valence-electron chi connectivity index (χ2n) is 29.5. The predicted octanol–water partition coefficient (Wildman–Crippen LogP) is 25.4. The van der Waals surface area contributed by atoms with Crippen LogP contribution in [0.3, 0.4) is 0 Å². The van der Waals surface area contributed by atoms with Crippen LogP contribution in [-0.2, 0) is 10.8 Å². The molecule has 0 radical (unpaired) electrons. The Bertz CT molecular complexity index is 6400. The van der Waals surface area contributed by atoms with Crippen molar-refractivity contribution in [1.29, 1.82) is 0 Å². The quantitative estimate of drug-likeness (QED) is 0.137. The molecule has 494 valence electrons. The number of rotatable bonds is 10. The van der Waals surface area contributed by atoms with Gasteiger partial charge in [-0.1, -0.05) is 270 Å². The maximum atomic E-state index is 5.29. The number of aromatic nitrogens is 6. The van der Waals surface area contributed by atoms with E-state index in [0.717, 1.165) is 77.9 Å². The third-order valence-corrected chi connectivity index (χ3v) is 22.9. The second kappa shape index (κ2) is 23.1. The molecule has 0 atom stereocenters. The number of benzene rings is 15. The molecule has 105 heavy (non-hydrogen) atoms. The van der Waals surface area contributed by atoms with E-state index < -0.39 is 0 Å². The van der Waals surface area contributed by atoms with E-state index in [2.05, 4.69) is 381 Å². The molecule has 21 rings (SSSR count). The minimum atomic E-state index is -0.123. The van der Waals surface area contributed by atoms with E-state index in [4.69, 9.17) is 15.0 Å². The maximum absolute atomic E-state index is 5.29. The van der Waals surface area contributed by atoms with E-state index in [9.17, 15) is 0 Å². The molecule has 15 aromatic carbocycles. The SMILES string of the molecule is CC1(C)c2ccccc2-c2ccc(-n3c4ccccc4c4cc(-c5ccc6c7ccc(-c8ccc9c(c8)c8ccccc8n9-c8ccc9c(c8)C(C)(C)c8ccccc8-9)cc7n(-c7ccc(-c8nc(-c9ccc(-c%10ccccc%10)cc9)nc(-c9ccc(-c%10ccccc%10)cc9)n8)cc7)c6c5)ccc43)cc21. The van der Waals surface area contributed by atoms with E-state index in [1.165, 1.54) is 110 Å². The molecule has 6 nitrogen and oxygen atoms in total. The number of para-hydroxylation sites is 2. The highest BCUT2D eigenvalue weighted by Crippen LogP contribution is 2.52. The molecule has 2 aliphatic carbocycles. The Morgan fingerprint density at radius 1 is 0.190 bits per heavy atom. The lowest BCUT2D eigenvalue weighted by molar-refractivity contribution is 0.660. The summed E-state index contributed by atoms with van der Waals surface area (Å²) < 4.78 is 7.39. The summed E-state index contributed by atoms with van der Waals surface area (Å²) in [6.07, 6.45) is 0. The van der Waals surface area contributed by atoms with Gasteiger partial charge < -0.3 is 13.7 Å². The van der Waals surface area contributed by atoms with Gasteiger partial charge in [0, 0.05) is 76.9 Å². The molecule has 0 saturated heterocycles. The van der Waals surface area contributed by atoms with Crippen molar-refractivity contribution < 1.29 is 0 Å². The van der Waals surface area contributed by atoms with Gasteiger partial charge in [0.1, 0.15) is 0 Å². The highest BCUT2D eigenvalue weighted by atomic mass is 15.0. The van der Waals surface area contributed by atoms with E-state index in [1.807, 2.05) is 0 Å². The van der Waals surface area contributed by atoms with Gasteiger partial charge in [0.05, 0.1) is 33.1 Å². The van der Waals surface area contributed by atoms with Crippen LogP contribution in [0.4, 0.5) is 0 Å². The molecule has 0 bridgehead atoms. The zero-order valence-electron chi connectivity index (χ0n) is 58.5. The molecule has 0 fully saturated rings. The summed E-state index contributed by atoms with van der Waals surface area (Å²) in [4.78, 5) is 15.8. The number of nitrogens with zero attached hydrogens (tertiary/aromatic N) is 6. The van der Waals surface area contributed by atoms with Crippen molar-refractivity contribution in [3.05, 3.63) is 362 Å². The Hall–Kier alpha value is -13.3. The Labute approximate surface area is 608 Å². The molecule has 4 aromatic heterocycles. The number of hydrogen-bond acceptors (Lipinski definition) is 3. The maximum Gasteiger partial charge on any atom is 0.164 e. The van der Waals surface area contributed by atoms with Crippen molar-refractivity contribution in [2.24, 2.45) is 0 Å². The highest BCUT2D eigenvalue weighted by Gasteiger charge is 2.37. The highest BCUT2D eigenvalue weighted by molar-refractivity contribution is 6.14. The van der Waals surface area contributed by atoms with Crippen LogP contribution in [0, 0.1) is 0 Å². The summed E-state index contributed by atoms with van der Waals surface area (Å²) in [6.45, 7) is 9.45. The lowest BCUT2D eigenvalue weighted by atomic mass is 9.82. The van der Waals surface area contributed by atoms with E-state index in [-0.39, 0.29) is 10.8 Å². The van der Waals surface area contributed by atoms with E-state index in [1.54, 1.807) is 0 Å². The molecule has 0 spiro atoms. The average Bonchev–Trinajstić information content (AvgIpc) is 1.58. The lowest BCUT2D eigenvalue weighted by Gasteiger charge is -2.22. The van der Waals surface area contributed by atoms with Crippen molar-refractivity contribution in [2.45, 2.75) is 38.5 Å². The monoisotopic (exact) mass is 1340 g/mol. The van der Waals surface area contributed by atoms with Gasteiger partial charge in [0.25, 0.3) is 0 Å². The first-order valence-corrected chi connectivity index (χ1v) is 36.4. The molecule has 0 amide bonds. The fraction of sp³-hybridized carbons (Fsp3) is 0.0606. The lowest BCUT2D eigenvalue weighted by Crippen LogP contribution is -2.15. The standard InChI is InChI=1S/C99H68N6/c1-98(2)85-27-15-11-23-75(85)77-51-47-73(59-87(77)98)104-89-29-17-13-25-79(89)83-55-68(43-53-91(83)104)70-41-49-81-82-50-42-71(69-44-54-92-84(56-69)80-26-14-18-30-90(80)105(92)74-48-52-78-76-24-12-16-28-86(76)99(3,4)88(78)60-74)58-94(82)103(93(81)57-70)72-45-39-67(40-46-72)97-101-95(65-35-31-63(32-36-65)61-19-7-5-8-20-61)100-96(102-97)66-37-33-64(34-38-66)62-21-9-6-10-22-62/h5-60H,1-4H3. The van der Waals surface area contributed by atoms with Crippen molar-refractivity contribution in [2.75, 3.05) is 0 Å². The van der Waals surface area contributed by atoms with Crippen molar-refractivity contribution in [3.63, 3.8) is 0 Å².